The summed E-state index contributed by atoms with van der Waals surface area (Å²) in [6.45, 7) is 2.02. The zero-order chi connectivity index (χ0) is 12.1. The lowest BCUT2D eigenvalue weighted by Crippen LogP contribution is -2.51. The van der Waals surface area contributed by atoms with Crippen LogP contribution in [0.1, 0.15) is 5.56 Å². The van der Waals surface area contributed by atoms with Crippen molar-refractivity contribution >= 4 is 18.3 Å². The first-order valence-electron chi connectivity index (χ1n) is 5.59. The summed E-state index contributed by atoms with van der Waals surface area (Å²) in [5, 5.41) is 5.80. The molecule has 2 rings (SSSR count). The molecule has 0 aliphatic carbocycles. The quantitative estimate of drug-likeness (QED) is 0.859. The topological polar surface area (TPSA) is 50.4 Å². The molecule has 100 valence electrons. The SMILES string of the molecule is Cl.O=C(NCc1cccc(F)c1)C1COCCN1. The highest BCUT2D eigenvalue weighted by Crippen LogP contribution is 2.03. The lowest BCUT2D eigenvalue weighted by molar-refractivity contribution is -0.126. The van der Waals surface area contributed by atoms with Crippen molar-refractivity contribution in [2.45, 2.75) is 12.6 Å². The third-order valence-electron chi connectivity index (χ3n) is 2.59. The Kier molecular flexibility index (Phi) is 6.04. The summed E-state index contributed by atoms with van der Waals surface area (Å²) in [6, 6.07) is 5.87. The van der Waals surface area contributed by atoms with Gasteiger partial charge in [0, 0.05) is 13.1 Å². The standard InChI is InChI=1S/C12H15FN2O2.ClH/c13-10-3-1-2-9(6-10)7-15-12(16)11-8-17-5-4-14-11;/h1-3,6,11,14H,4-5,7-8H2,(H,15,16);1H. The molecule has 0 saturated carbocycles. The summed E-state index contributed by atoms with van der Waals surface area (Å²) < 4.78 is 18.1. The predicted octanol–water partition coefficient (Wildman–Crippen LogP) is 0.852. The van der Waals surface area contributed by atoms with Crippen molar-refractivity contribution in [2.24, 2.45) is 0 Å². The molecule has 2 N–H and O–H groups in total. The lowest BCUT2D eigenvalue weighted by atomic mass is 10.2. The van der Waals surface area contributed by atoms with Crippen LogP contribution in [0.15, 0.2) is 24.3 Å². The average Bonchev–Trinajstić information content (AvgIpc) is 2.37. The second kappa shape index (κ2) is 7.31. The van der Waals surface area contributed by atoms with Gasteiger partial charge in [0.1, 0.15) is 11.9 Å². The van der Waals surface area contributed by atoms with Gasteiger partial charge in [-0.3, -0.25) is 4.79 Å². The Bertz CT molecular complexity index is 397. The zero-order valence-electron chi connectivity index (χ0n) is 9.82. The molecule has 1 atom stereocenters. The van der Waals surface area contributed by atoms with E-state index in [9.17, 15) is 9.18 Å². The third kappa shape index (κ3) is 4.25. The molecule has 1 aliphatic heterocycles. The molecular weight excluding hydrogens is 259 g/mol. The largest absolute Gasteiger partial charge is 0.378 e. The molecule has 1 saturated heterocycles. The highest BCUT2D eigenvalue weighted by molar-refractivity contribution is 5.85. The van der Waals surface area contributed by atoms with Gasteiger partial charge in [0.25, 0.3) is 0 Å². The van der Waals surface area contributed by atoms with Gasteiger partial charge < -0.3 is 15.4 Å². The van der Waals surface area contributed by atoms with Gasteiger partial charge in [0.2, 0.25) is 5.91 Å². The van der Waals surface area contributed by atoms with E-state index in [-0.39, 0.29) is 30.2 Å². The molecule has 0 bridgehead atoms. The van der Waals surface area contributed by atoms with Crippen LogP contribution >= 0.6 is 12.4 Å². The molecule has 1 aromatic carbocycles. The molecule has 0 aromatic heterocycles. The Morgan fingerprint density at radius 1 is 1.56 bits per heavy atom. The highest BCUT2D eigenvalue weighted by Gasteiger charge is 2.20. The van der Waals surface area contributed by atoms with E-state index in [1.807, 2.05) is 0 Å². The molecule has 1 amide bonds. The maximum absolute atomic E-state index is 12.9. The van der Waals surface area contributed by atoms with E-state index in [1.165, 1.54) is 12.1 Å². The highest BCUT2D eigenvalue weighted by atomic mass is 35.5. The molecule has 18 heavy (non-hydrogen) atoms. The van der Waals surface area contributed by atoms with E-state index in [4.69, 9.17) is 4.74 Å². The van der Waals surface area contributed by atoms with E-state index in [0.717, 1.165) is 5.56 Å². The van der Waals surface area contributed by atoms with E-state index in [2.05, 4.69) is 10.6 Å². The van der Waals surface area contributed by atoms with E-state index < -0.39 is 0 Å². The maximum atomic E-state index is 12.9. The van der Waals surface area contributed by atoms with E-state index in [1.54, 1.807) is 12.1 Å². The fourth-order valence-corrected chi connectivity index (χ4v) is 1.69. The smallest absolute Gasteiger partial charge is 0.239 e. The number of benzene rings is 1. The van der Waals surface area contributed by atoms with E-state index in [0.29, 0.717) is 26.3 Å². The van der Waals surface area contributed by atoms with Crippen LogP contribution in [0.2, 0.25) is 0 Å². The summed E-state index contributed by atoms with van der Waals surface area (Å²) in [5.41, 5.74) is 0.745. The molecular formula is C12H16ClFN2O2. The Morgan fingerprint density at radius 3 is 3.06 bits per heavy atom. The Labute approximate surface area is 111 Å². The minimum Gasteiger partial charge on any atom is -0.378 e. The number of rotatable bonds is 3. The van der Waals surface area contributed by atoms with Gasteiger partial charge in [-0.2, -0.15) is 0 Å². The lowest BCUT2D eigenvalue weighted by Gasteiger charge is -2.22. The van der Waals surface area contributed by atoms with Crippen LogP contribution in [-0.2, 0) is 16.1 Å². The van der Waals surface area contributed by atoms with Crippen LogP contribution in [0.5, 0.6) is 0 Å². The number of hydrogen-bond donors (Lipinski definition) is 2. The van der Waals surface area contributed by atoms with Gasteiger partial charge in [-0.05, 0) is 17.7 Å². The van der Waals surface area contributed by atoms with Crippen molar-refractivity contribution in [3.8, 4) is 0 Å². The minimum absolute atomic E-state index is 0. The summed E-state index contributed by atoms with van der Waals surface area (Å²) in [7, 11) is 0. The molecule has 1 fully saturated rings. The number of amides is 1. The zero-order valence-corrected chi connectivity index (χ0v) is 10.6. The van der Waals surface area contributed by atoms with Crippen molar-refractivity contribution in [1.82, 2.24) is 10.6 Å². The van der Waals surface area contributed by atoms with Gasteiger partial charge in [-0.25, -0.2) is 4.39 Å². The first-order valence-corrected chi connectivity index (χ1v) is 5.59. The number of morpholine rings is 1. The van der Waals surface area contributed by atoms with Gasteiger partial charge in [-0.15, -0.1) is 12.4 Å². The summed E-state index contributed by atoms with van der Waals surface area (Å²) >= 11 is 0. The molecule has 4 nitrogen and oxygen atoms in total. The first-order chi connectivity index (χ1) is 8.25. The van der Waals surface area contributed by atoms with Gasteiger partial charge in [0.15, 0.2) is 0 Å². The first kappa shape index (κ1) is 14.9. The second-order valence-electron chi connectivity index (χ2n) is 3.93. The van der Waals surface area contributed by atoms with E-state index >= 15 is 0 Å². The fourth-order valence-electron chi connectivity index (χ4n) is 1.69. The normalized spacial score (nSPS) is 18.8. The Balaban J connectivity index is 0.00000162. The molecule has 1 heterocycles. The van der Waals surface area contributed by atoms with Crippen molar-refractivity contribution in [3.05, 3.63) is 35.6 Å². The van der Waals surface area contributed by atoms with Gasteiger partial charge >= 0.3 is 0 Å². The number of hydrogen-bond acceptors (Lipinski definition) is 3. The number of ether oxygens (including phenoxy) is 1. The molecule has 1 unspecified atom stereocenters. The van der Waals surface area contributed by atoms with Gasteiger partial charge in [-0.1, -0.05) is 12.1 Å². The number of nitrogens with one attached hydrogen (secondary N) is 2. The second-order valence-corrected chi connectivity index (χ2v) is 3.93. The Hall–Kier alpha value is -1.17. The van der Waals surface area contributed by atoms with Gasteiger partial charge in [0.05, 0.1) is 13.2 Å². The van der Waals surface area contributed by atoms with Crippen molar-refractivity contribution < 1.29 is 13.9 Å². The van der Waals surface area contributed by atoms with Crippen molar-refractivity contribution in [2.75, 3.05) is 19.8 Å². The van der Waals surface area contributed by atoms with Crippen LogP contribution in [0.3, 0.4) is 0 Å². The molecule has 1 aliphatic rings. The van der Waals surface area contributed by atoms with Crippen LogP contribution in [0, 0.1) is 5.82 Å². The molecule has 0 radical (unpaired) electrons. The van der Waals surface area contributed by atoms with Crippen LogP contribution in [0.4, 0.5) is 4.39 Å². The maximum Gasteiger partial charge on any atom is 0.239 e. The van der Waals surface area contributed by atoms with Crippen LogP contribution in [0.25, 0.3) is 0 Å². The number of carbonyl (C=O) groups excluding carboxylic acids is 1. The Morgan fingerprint density at radius 2 is 2.39 bits per heavy atom. The van der Waals surface area contributed by atoms with Crippen LogP contribution < -0.4 is 10.6 Å². The number of halogens is 2. The summed E-state index contributed by atoms with van der Waals surface area (Å²) in [6.07, 6.45) is 0. The molecule has 1 aromatic rings. The summed E-state index contributed by atoms with van der Waals surface area (Å²) in [5.74, 6) is -0.412. The van der Waals surface area contributed by atoms with Crippen molar-refractivity contribution in [3.63, 3.8) is 0 Å². The fraction of sp³-hybridized carbons (Fsp3) is 0.417. The van der Waals surface area contributed by atoms with Crippen LogP contribution in [-0.4, -0.2) is 31.7 Å². The summed E-state index contributed by atoms with van der Waals surface area (Å²) in [4.78, 5) is 11.7. The third-order valence-corrected chi connectivity index (χ3v) is 2.59. The predicted molar refractivity (Wildman–Crippen MR) is 68.1 cm³/mol. The monoisotopic (exact) mass is 274 g/mol. The molecule has 0 spiro atoms. The van der Waals surface area contributed by atoms with Crippen molar-refractivity contribution in [1.29, 1.82) is 0 Å². The number of carbonyl (C=O) groups is 1. The minimum atomic E-state index is -0.308. The average molecular weight is 275 g/mol. The molecule has 6 heteroatoms.